The van der Waals surface area contributed by atoms with Crippen LogP contribution in [-0.2, 0) is 0 Å². The molecule has 0 amide bonds. The van der Waals surface area contributed by atoms with Crippen LogP contribution in [0.15, 0.2) is 36.7 Å². The van der Waals surface area contributed by atoms with Crippen molar-refractivity contribution in [1.82, 2.24) is 9.97 Å². The molecule has 0 fully saturated rings. The zero-order valence-corrected chi connectivity index (χ0v) is 8.85. The molecule has 4 nitrogen and oxygen atoms in total. The Hall–Kier alpha value is -2.12. The van der Waals surface area contributed by atoms with Gasteiger partial charge in [0.1, 0.15) is 5.75 Å². The minimum atomic E-state index is 0.258. The molecule has 0 bridgehead atoms. The summed E-state index contributed by atoms with van der Waals surface area (Å²) in [5.74, 6) is 0.818. The van der Waals surface area contributed by atoms with Crippen molar-refractivity contribution in [3.05, 3.63) is 47.4 Å². The van der Waals surface area contributed by atoms with Gasteiger partial charge in [0.25, 0.3) is 0 Å². The van der Waals surface area contributed by atoms with Gasteiger partial charge in [-0.05, 0) is 18.2 Å². The molecule has 2 rings (SSSR count). The Balaban J connectivity index is 2.24. The van der Waals surface area contributed by atoms with Crippen LogP contribution in [0.25, 0.3) is 0 Å². The number of ether oxygens (including phenoxy) is 1. The highest BCUT2D eigenvalue weighted by atomic mass is 35.5. The fourth-order valence-electron chi connectivity index (χ4n) is 1.12. The van der Waals surface area contributed by atoms with Crippen molar-refractivity contribution in [3.8, 4) is 17.7 Å². The van der Waals surface area contributed by atoms with Gasteiger partial charge in [-0.2, -0.15) is 10.2 Å². The molecule has 1 aromatic carbocycles. The van der Waals surface area contributed by atoms with Crippen molar-refractivity contribution in [2.24, 2.45) is 0 Å². The molecule has 0 N–H and O–H groups in total. The number of halogens is 1. The van der Waals surface area contributed by atoms with Crippen LogP contribution in [0.1, 0.15) is 5.56 Å². The molecule has 78 valence electrons. The number of nitriles is 1. The van der Waals surface area contributed by atoms with Crippen LogP contribution in [-0.4, -0.2) is 9.97 Å². The van der Waals surface area contributed by atoms with Gasteiger partial charge in [-0.3, -0.25) is 4.98 Å². The zero-order chi connectivity index (χ0) is 11.4. The lowest BCUT2D eigenvalue weighted by Gasteiger charge is -2.03. The van der Waals surface area contributed by atoms with Crippen LogP contribution in [0.5, 0.6) is 11.6 Å². The summed E-state index contributed by atoms with van der Waals surface area (Å²) in [5.41, 5.74) is 0.521. The van der Waals surface area contributed by atoms with Crippen molar-refractivity contribution >= 4 is 11.6 Å². The molecule has 0 aliphatic heterocycles. The predicted octanol–water partition coefficient (Wildman–Crippen LogP) is 2.79. The predicted molar refractivity (Wildman–Crippen MR) is 58.3 cm³/mol. The molecule has 16 heavy (non-hydrogen) atoms. The van der Waals surface area contributed by atoms with Gasteiger partial charge >= 0.3 is 0 Å². The van der Waals surface area contributed by atoms with Crippen molar-refractivity contribution in [1.29, 1.82) is 5.26 Å². The molecule has 0 saturated carbocycles. The minimum absolute atomic E-state index is 0.258. The number of hydrogen-bond donors (Lipinski definition) is 0. The molecule has 0 spiro atoms. The van der Waals surface area contributed by atoms with Gasteiger partial charge in [-0.1, -0.05) is 17.7 Å². The second-order valence-electron chi connectivity index (χ2n) is 2.92. The van der Waals surface area contributed by atoms with Crippen molar-refractivity contribution < 1.29 is 4.74 Å². The first-order chi connectivity index (χ1) is 7.78. The highest BCUT2D eigenvalue weighted by Gasteiger charge is 2.01. The SMILES string of the molecule is N#Cc1cccc(Oc2cncc(Cl)n2)c1. The second-order valence-corrected chi connectivity index (χ2v) is 3.31. The first-order valence-electron chi connectivity index (χ1n) is 4.43. The lowest BCUT2D eigenvalue weighted by atomic mass is 10.2. The summed E-state index contributed by atoms with van der Waals surface area (Å²) in [4.78, 5) is 7.76. The summed E-state index contributed by atoms with van der Waals surface area (Å²) in [7, 11) is 0. The fourth-order valence-corrected chi connectivity index (χ4v) is 1.26. The monoisotopic (exact) mass is 231 g/mol. The summed E-state index contributed by atoms with van der Waals surface area (Å²) >= 11 is 5.66. The smallest absolute Gasteiger partial charge is 0.239 e. The third kappa shape index (κ3) is 2.47. The first-order valence-corrected chi connectivity index (χ1v) is 4.81. The molecule has 2 aromatic rings. The summed E-state index contributed by atoms with van der Waals surface area (Å²) in [6.07, 6.45) is 2.87. The quantitative estimate of drug-likeness (QED) is 0.797. The maximum atomic E-state index is 8.72. The molecule has 0 unspecified atom stereocenters. The first kappa shape index (κ1) is 10.4. The van der Waals surface area contributed by atoms with E-state index in [0.717, 1.165) is 0 Å². The van der Waals surface area contributed by atoms with Crippen LogP contribution in [0.2, 0.25) is 5.15 Å². The lowest BCUT2D eigenvalue weighted by Crippen LogP contribution is -1.89. The topological polar surface area (TPSA) is 58.8 Å². The van der Waals surface area contributed by atoms with Gasteiger partial charge in [0.2, 0.25) is 5.88 Å². The van der Waals surface area contributed by atoms with Crippen LogP contribution in [0.4, 0.5) is 0 Å². The van der Waals surface area contributed by atoms with E-state index < -0.39 is 0 Å². The number of benzene rings is 1. The molecule has 0 atom stereocenters. The second kappa shape index (κ2) is 4.60. The number of aromatic nitrogens is 2. The third-order valence-electron chi connectivity index (χ3n) is 1.77. The van der Waals surface area contributed by atoms with Crippen molar-refractivity contribution in [2.75, 3.05) is 0 Å². The van der Waals surface area contributed by atoms with E-state index in [1.54, 1.807) is 24.3 Å². The average Bonchev–Trinajstić information content (AvgIpc) is 2.29. The molecule has 0 aliphatic carbocycles. The van der Waals surface area contributed by atoms with Gasteiger partial charge < -0.3 is 4.74 Å². The summed E-state index contributed by atoms with van der Waals surface area (Å²) in [6.45, 7) is 0. The van der Waals surface area contributed by atoms with E-state index in [-0.39, 0.29) is 5.15 Å². The molecular formula is C11H6ClN3O. The number of rotatable bonds is 2. The van der Waals surface area contributed by atoms with E-state index in [1.165, 1.54) is 12.4 Å². The van der Waals surface area contributed by atoms with E-state index in [2.05, 4.69) is 9.97 Å². The molecule has 0 saturated heterocycles. The zero-order valence-electron chi connectivity index (χ0n) is 8.09. The van der Waals surface area contributed by atoms with Crippen molar-refractivity contribution in [3.63, 3.8) is 0 Å². The Kier molecular flexibility index (Phi) is 2.99. The van der Waals surface area contributed by atoms with Crippen LogP contribution in [0, 0.1) is 11.3 Å². The summed E-state index contributed by atoms with van der Waals surface area (Å²) < 4.78 is 5.39. The standard InChI is InChI=1S/C11H6ClN3O/c12-10-6-14-7-11(15-10)16-9-3-1-2-8(4-9)5-13/h1-4,6-7H. The largest absolute Gasteiger partial charge is 0.437 e. The summed E-state index contributed by atoms with van der Waals surface area (Å²) in [6, 6.07) is 8.78. The Morgan fingerprint density at radius 2 is 2.19 bits per heavy atom. The maximum Gasteiger partial charge on any atom is 0.239 e. The van der Waals surface area contributed by atoms with Gasteiger partial charge in [0, 0.05) is 0 Å². The highest BCUT2D eigenvalue weighted by Crippen LogP contribution is 2.20. The highest BCUT2D eigenvalue weighted by molar-refractivity contribution is 6.29. The Morgan fingerprint density at radius 3 is 2.94 bits per heavy atom. The van der Waals surface area contributed by atoms with E-state index in [4.69, 9.17) is 21.6 Å². The summed E-state index contributed by atoms with van der Waals surface area (Å²) in [5, 5.41) is 8.98. The molecular weight excluding hydrogens is 226 g/mol. The van der Waals surface area contributed by atoms with E-state index >= 15 is 0 Å². The Bertz CT molecular complexity index is 551. The lowest BCUT2D eigenvalue weighted by molar-refractivity contribution is 0.460. The van der Waals surface area contributed by atoms with Gasteiger partial charge in [0.15, 0.2) is 5.15 Å². The molecule has 5 heteroatoms. The Labute approximate surface area is 97.1 Å². The molecule has 1 aromatic heterocycles. The minimum Gasteiger partial charge on any atom is -0.437 e. The molecule has 0 radical (unpaired) electrons. The molecule has 1 heterocycles. The van der Waals surface area contributed by atoms with Gasteiger partial charge in [-0.25, -0.2) is 0 Å². The Morgan fingerprint density at radius 1 is 1.31 bits per heavy atom. The van der Waals surface area contributed by atoms with Gasteiger partial charge in [-0.15, -0.1) is 0 Å². The fraction of sp³-hybridized carbons (Fsp3) is 0. The van der Waals surface area contributed by atoms with Gasteiger partial charge in [0.05, 0.1) is 24.0 Å². The van der Waals surface area contributed by atoms with E-state index in [0.29, 0.717) is 17.2 Å². The van der Waals surface area contributed by atoms with E-state index in [9.17, 15) is 0 Å². The third-order valence-corrected chi connectivity index (χ3v) is 1.95. The maximum absolute atomic E-state index is 8.72. The normalized spacial score (nSPS) is 9.50. The molecule has 0 aliphatic rings. The number of hydrogen-bond acceptors (Lipinski definition) is 4. The van der Waals surface area contributed by atoms with Crippen LogP contribution >= 0.6 is 11.6 Å². The van der Waals surface area contributed by atoms with Crippen LogP contribution < -0.4 is 4.74 Å². The van der Waals surface area contributed by atoms with E-state index in [1.807, 2.05) is 6.07 Å². The van der Waals surface area contributed by atoms with Crippen LogP contribution in [0.3, 0.4) is 0 Å². The number of nitrogens with zero attached hydrogens (tertiary/aromatic N) is 3. The van der Waals surface area contributed by atoms with Crippen molar-refractivity contribution in [2.45, 2.75) is 0 Å². The average molecular weight is 232 g/mol.